The van der Waals surface area contributed by atoms with Gasteiger partial charge in [-0.2, -0.15) is 5.26 Å². The maximum absolute atomic E-state index is 13.5. The van der Waals surface area contributed by atoms with E-state index in [0.717, 1.165) is 11.6 Å². The van der Waals surface area contributed by atoms with Crippen LogP contribution in [0.3, 0.4) is 0 Å². The molecule has 0 bridgehead atoms. The topological polar surface area (TPSA) is 96.4 Å². The van der Waals surface area contributed by atoms with Gasteiger partial charge in [0.2, 0.25) is 11.8 Å². The van der Waals surface area contributed by atoms with E-state index in [4.69, 9.17) is 22.1 Å². The first-order valence-electron chi connectivity index (χ1n) is 9.73. The van der Waals surface area contributed by atoms with Crippen LogP contribution in [-0.4, -0.2) is 18.4 Å². The van der Waals surface area contributed by atoms with Gasteiger partial charge in [0.25, 0.3) is 0 Å². The number of nitriles is 1. The molecule has 4 rings (SSSR count). The lowest BCUT2D eigenvalue weighted by Crippen LogP contribution is -2.24. The van der Waals surface area contributed by atoms with Crippen molar-refractivity contribution in [3.05, 3.63) is 88.2 Å². The molecule has 3 aromatic rings. The molecule has 1 saturated heterocycles. The van der Waals surface area contributed by atoms with Crippen LogP contribution in [0, 0.1) is 17.1 Å². The van der Waals surface area contributed by atoms with Gasteiger partial charge in [-0.3, -0.25) is 9.59 Å². The monoisotopic (exact) mass is 449 g/mol. The second kappa shape index (κ2) is 8.69. The van der Waals surface area contributed by atoms with E-state index in [1.54, 1.807) is 47.4 Å². The molecule has 0 radical (unpaired) electrons. The number of nitrogens with zero attached hydrogens (tertiary/aromatic N) is 2. The Hall–Kier alpha value is -3.89. The van der Waals surface area contributed by atoms with Crippen molar-refractivity contribution in [3.8, 4) is 17.6 Å². The lowest BCUT2D eigenvalue weighted by atomic mass is 9.97. The zero-order valence-corrected chi connectivity index (χ0v) is 17.5. The first-order valence-corrected chi connectivity index (χ1v) is 10.1. The number of anilines is 1. The number of halogens is 2. The van der Waals surface area contributed by atoms with Crippen LogP contribution in [0.2, 0.25) is 5.02 Å². The van der Waals surface area contributed by atoms with Crippen LogP contribution in [0.4, 0.5) is 10.1 Å². The van der Waals surface area contributed by atoms with Crippen LogP contribution in [-0.2, 0) is 4.79 Å². The molecule has 3 aromatic carbocycles. The van der Waals surface area contributed by atoms with E-state index in [1.165, 1.54) is 12.1 Å². The first-order chi connectivity index (χ1) is 15.4. The van der Waals surface area contributed by atoms with Crippen LogP contribution < -0.4 is 15.4 Å². The van der Waals surface area contributed by atoms with Crippen LogP contribution >= 0.6 is 11.6 Å². The zero-order valence-electron chi connectivity index (χ0n) is 16.7. The molecule has 0 aliphatic carbocycles. The molecule has 1 atom stereocenters. The van der Waals surface area contributed by atoms with Gasteiger partial charge in [-0.25, -0.2) is 4.39 Å². The summed E-state index contributed by atoms with van der Waals surface area (Å²) in [5.74, 6) is -0.889. The number of benzene rings is 3. The SMILES string of the molecule is N#Cc1cc(F)ccc1Oc1cc(Cl)ccc1C1CC(=O)N(c2cccc(C(N)=O)c2)C1. The Morgan fingerprint density at radius 2 is 1.97 bits per heavy atom. The standard InChI is InChI=1S/C24H17ClFN3O3/c25-17-4-6-20(22(11-17)32-21-7-5-18(26)8-15(21)12-27)16-10-23(30)29(13-16)19-3-1-2-14(9-19)24(28)31/h1-9,11,16H,10,13H2,(H2,28,31). The normalized spacial score (nSPS) is 15.5. The zero-order chi connectivity index (χ0) is 22.8. The third kappa shape index (κ3) is 4.27. The van der Waals surface area contributed by atoms with Gasteiger partial charge in [0.05, 0.1) is 5.56 Å². The van der Waals surface area contributed by atoms with Crippen LogP contribution in [0.15, 0.2) is 60.7 Å². The molecule has 2 N–H and O–H groups in total. The Morgan fingerprint density at radius 1 is 1.16 bits per heavy atom. The molecule has 32 heavy (non-hydrogen) atoms. The summed E-state index contributed by atoms with van der Waals surface area (Å²) in [7, 11) is 0. The minimum Gasteiger partial charge on any atom is -0.456 e. The number of rotatable bonds is 5. The van der Waals surface area contributed by atoms with Crippen molar-refractivity contribution in [3.63, 3.8) is 0 Å². The van der Waals surface area contributed by atoms with E-state index in [9.17, 15) is 19.2 Å². The molecule has 160 valence electrons. The van der Waals surface area contributed by atoms with Crippen molar-refractivity contribution in [2.75, 3.05) is 11.4 Å². The van der Waals surface area contributed by atoms with Crippen molar-refractivity contribution in [2.24, 2.45) is 5.73 Å². The maximum atomic E-state index is 13.5. The fourth-order valence-corrected chi connectivity index (χ4v) is 3.89. The molecule has 0 saturated carbocycles. The van der Waals surface area contributed by atoms with Gasteiger partial charge in [-0.15, -0.1) is 0 Å². The average molecular weight is 450 g/mol. The lowest BCUT2D eigenvalue weighted by molar-refractivity contribution is -0.117. The summed E-state index contributed by atoms with van der Waals surface area (Å²) in [6.07, 6.45) is 0.216. The molecule has 2 amide bonds. The van der Waals surface area contributed by atoms with Crippen LogP contribution in [0.25, 0.3) is 0 Å². The van der Waals surface area contributed by atoms with Crippen molar-refractivity contribution in [1.82, 2.24) is 0 Å². The van der Waals surface area contributed by atoms with Crippen molar-refractivity contribution in [1.29, 1.82) is 5.26 Å². The largest absolute Gasteiger partial charge is 0.456 e. The molecule has 1 unspecified atom stereocenters. The highest BCUT2D eigenvalue weighted by Crippen LogP contribution is 2.40. The maximum Gasteiger partial charge on any atom is 0.248 e. The Labute approximate surface area is 188 Å². The quantitative estimate of drug-likeness (QED) is 0.607. The highest BCUT2D eigenvalue weighted by Gasteiger charge is 2.33. The van der Waals surface area contributed by atoms with Gasteiger partial charge < -0.3 is 15.4 Å². The molecular formula is C24H17ClFN3O3. The summed E-state index contributed by atoms with van der Waals surface area (Å²) < 4.78 is 19.4. The molecule has 0 spiro atoms. The summed E-state index contributed by atoms with van der Waals surface area (Å²) in [5.41, 5.74) is 7.02. The molecule has 1 aliphatic heterocycles. The predicted octanol–water partition coefficient (Wildman–Crippen LogP) is 4.76. The van der Waals surface area contributed by atoms with Gasteiger partial charge in [-0.1, -0.05) is 23.7 Å². The fourth-order valence-electron chi connectivity index (χ4n) is 3.72. The summed E-state index contributed by atoms with van der Waals surface area (Å²) in [6, 6.07) is 17.2. The minimum absolute atomic E-state index is 0.0447. The van der Waals surface area contributed by atoms with E-state index < -0.39 is 11.7 Å². The number of nitrogens with two attached hydrogens (primary N) is 1. The Morgan fingerprint density at radius 3 is 2.72 bits per heavy atom. The minimum atomic E-state index is -0.573. The van der Waals surface area contributed by atoms with Crippen LogP contribution in [0.5, 0.6) is 11.5 Å². The number of ether oxygens (including phenoxy) is 1. The lowest BCUT2D eigenvalue weighted by Gasteiger charge is -2.19. The number of primary amides is 1. The van der Waals surface area contributed by atoms with Gasteiger partial charge >= 0.3 is 0 Å². The number of hydrogen-bond donors (Lipinski definition) is 1. The summed E-state index contributed by atoms with van der Waals surface area (Å²) >= 11 is 6.16. The summed E-state index contributed by atoms with van der Waals surface area (Å²) in [5, 5.41) is 9.72. The average Bonchev–Trinajstić information content (AvgIpc) is 3.16. The third-order valence-corrected chi connectivity index (χ3v) is 5.50. The second-order valence-electron chi connectivity index (χ2n) is 7.36. The second-order valence-corrected chi connectivity index (χ2v) is 7.79. The number of hydrogen-bond acceptors (Lipinski definition) is 4. The predicted molar refractivity (Wildman–Crippen MR) is 117 cm³/mol. The van der Waals surface area contributed by atoms with Gasteiger partial charge in [0, 0.05) is 40.7 Å². The summed E-state index contributed by atoms with van der Waals surface area (Å²) in [4.78, 5) is 25.9. The van der Waals surface area contributed by atoms with Crippen molar-refractivity contribution in [2.45, 2.75) is 12.3 Å². The first kappa shape index (κ1) is 21.3. The molecule has 1 aliphatic rings. The van der Waals surface area contributed by atoms with E-state index in [1.807, 2.05) is 6.07 Å². The molecule has 0 aromatic heterocycles. The van der Waals surface area contributed by atoms with E-state index >= 15 is 0 Å². The Bertz CT molecular complexity index is 1270. The van der Waals surface area contributed by atoms with Crippen molar-refractivity contribution < 1.29 is 18.7 Å². The molecule has 1 heterocycles. The van der Waals surface area contributed by atoms with E-state index in [0.29, 0.717) is 28.6 Å². The van der Waals surface area contributed by atoms with E-state index in [-0.39, 0.29) is 29.6 Å². The van der Waals surface area contributed by atoms with Gasteiger partial charge in [0.1, 0.15) is 23.4 Å². The number of amides is 2. The Kier molecular flexibility index (Phi) is 5.80. The Balaban J connectivity index is 1.65. The molecule has 8 heteroatoms. The number of carbonyl (C=O) groups excluding carboxylic acids is 2. The highest BCUT2D eigenvalue weighted by molar-refractivity contribution is 6.30. The van der Waals surface area contributed by atoms with E-state index in [2.05, 4.69) is 0 Å². The smallest absolute Gasteiger partial charge is 0.248 e. The van der Waals surface area contributed by atoms with Crippen LogP contribution in [0.1, 0.15) is 33.8 Å². The molecule has 1 fully saturated rings. The van der Waals surface area contributed by atoms with Gasteiger partial charge in [-0.05, 0) is 48.5 Å². The third-order valence-electron chi connectivity index (χ3n) is 5.26. The molecular weight excluding hydrogens is 433 g/mol. The molecule has 6 nitrogen and oxygen atoms in total. The number of carbonyl (C=O) groups is 2. The summed E-state index contributed by atoms with van der Waals surface area (Å²) in [6.45, 7) is 0.355. The highest BCUT2D eigenvalue weighted by atomic mass is 35.5. The van der Waals surface area contributed by atoms with Gasteiger partial charge in [0.15, 0.2) is 0 Å². The van der Waals surface area contributed by atoms with Crippen molar-refractivity contribution >= 4 is 29.1 Å². The fraction of sp³-hybridized carbons (Fsp3) is 0.125.